The van der Waals surface area contributed by atoms with Gasteiger partial charge in [0.05, 0.1) is 11.7 Å². The van der Waals surface area contributed by atoms with Gasteiger partial charge in [0.25, 0.3) is 0 Å². The van der Waals surface area contributed by atoms with Crippen molar-refractivity contribution in [3.63, 3.8) is 0 Å². The molecular formula is C23H25F2N3O. The van der Waals surface area contributed by atoms with Gasteiger partial charge in [-0.2, -0.15) is 5.10 Å². The van der Waals surface area contributed by atoms with Crippen molar-refractivity contribution in [2.45, 2.75) is 44.2 Å². The van der Waals surface area contributed by atoms with Crippen LogP contribution in [0.15, 0.2) is 48.7 Å². The lowest BCUT2D eigenvalue weighted by Gasteiger charge is -2.26. The first-order valence-electron chi connectivity index (χ1n) is 10.0. The summed E-state index contributed by atoms with van der Waals surface area (Å²) < 4.78 is 29.4. The van der Waals surface area contributed by atoms with Gasteiger partial charge >= 0.3 is 0 Å². The Morgan fingerprint density at radius 1 is 1.17 bits per heavy atom. The highest BCUT2D eigenvalue weighted by atomic mass is 19.1. The molecule has 2 aromatic carbocycles. The quantitative estimate of drug-likeness (QED) is 0.611. The van der Waals surface area contributed by atoms with Gasteiger partial charge in [-0.05, 0) is 66.6 Å². The highest BCUT2D eigenvalue weighted by Gasteiger charge is 2.25. The third-order valence-corrected chi connectivity index (χ3v) is 5.63. The Balaban J connectivity index is 1.66. The van der Waals surface area contributed by atoms with Crippen molar-refractivity contribution in [1.29, 1.82) is 0 Å². The van der Waals surface area contributed by atoms with Crippen molar-refractivity contribution in [3.8, 4) is 5.75 Å². The molecule has 1 aliphatic rings. The van der Waals surface area contributed by atoms with Gasteiger partial charge < -0.3 is 10.4 Å². The topological polar surface area (TPSA) is 50.1 Å². The van der Waals surface area contributed by atoms with E-state index in [1.165, 1.54) is 17.7 Å². The summed E-state index contributed by atoms with van der Waals surface area (Å²) in [5.41, 5.74) is 3.56. The van der Waals surface area contributed by atoms with Crippen LogP contribution in [0.2, 0.25) is 0 Å². The van der Waals surface area contributed by atoms with Crippen molar-refractivity contribution >= 4 is 0 Å². The Morgan fingerprint density at radius 2 is 2.03 bits per heavy atom. The Kier molecular flexibility index (Phi) is 5.62. The maximum atomic E-state index is 14.3. The van der Waals surface area contributed by atoms with E-state index < -0.39 is 11.6 Å². The van der Waals surface area contributed by atoms with Crippen LogP contribution in [-0.4, -0.2) is 14.9 Å². The molecule has 3 aromatic rings. The SMILES string of the molecule is Cn1ccc(C(Cc2ccc(F)cc2F)NC2CCCCc3ccc(O)cc32)n1. The lowest BCUT2D eigenvalue weighted by Crippen LogP contribution is -2.29. The van der Waals surface area contributed by atoms with Crippen LogP contribution in [0.3, 0.4) is 0 Å². The van der Waals surface area contributed by atoms with Gasteiger partial charge in [0.1, 0.15) is 17.4 Å². The standard InChI is InChI=1S/C23H25F2N3O/c1-28-11-10-22(27-28)23(12-16-6-8-17(24)13-20(16)25)26-21-5-3-2-4-15-7-9-18(29)14-19(15)21/h6-11,13-14,21,23,26,29H,2-5,12H2,1H3. The molecule has 1 aromatic heterocycles. The van der Waals surface area contributed by atoms with Crippen LogP contribution in [0.25, 0.3) is 0 Å². The van der Waals surface area contributed by atoms with Crippen molar-refractivity contribution in [2.24, 2.45) is 7.05 Å². The van der Waals surface area contributed by atoms with E-state index >= 15 is 0 Å². The molecule has 0 bridgehead atoms. The second-order valence-electron chi connectivity index (χ2n) is 7.75. The predicted molar refractivity (Wildman–Crippen MR) is 108 cm³/mol. The van der Waals surface area contributed by atoms with Crippen LogP contribution in [0.5, 0.6) is 5.75 Å². The number of phenols is 1. The summed E-state index contributed by atoms with van der Waals surface area (Å²) in [7, 11) is 1.85. The van der Waals surface area contributed by atoms with E-state index in [0.29, 0.717) is 12.0 Å². The second kappa shape index (κ2) is 8.33. The molecule has 1 aliphatic carbocycles. The van der Waals surface area contributed by atoms with Gasteiger partial charge in [-0.25, -0.2) is 8.78 Å². The zero-order chi connectivity index (χ0) is 20.4. The number of benzene rings is 2. The van der Waals surface area contributed by atoms with Crippen LogP contribution >= 0.6 is 0 Å². The molecule has 2 N–H and O–H groups in total. The number of phenolic OH excluding ortho intramolecular Hbond substituents is 1. The van der Waals surface area contributed by atoms with Crippen LogP contribution in [0.1, 0.15) is 53.7 Å². The number of aryl methyl sites for hydroxylation is 2. The van der Waals surface area contributed by atoms with Gasteiger partial charge in [0.15, 0.2) is 0 Å². The van der Waals surface area contributed by atoms with Gasteiger partial charge in [0.2, 0.25) is 0 Å². The van der Waals surface area contributed by atoms with Crippen LogP contribution in [-0.2, 0) is 19.9 Å². The fourth-order valence-electron chi connectivity index (χ4n) is 4.14. The Hall–Kier alpha value is -2.73. The number of fused-ring (bicyclic) bond motifs is 1. The van der Waals surface area contributed by atoms with E-state index in [0.717, 1.165) is 43.0 Å². The lowest BCUT2D eigenvalue weighted by atomic mass is 9.95. The van der Waals surface area contributed by atoms with Crippen molar-refractivity contribution in [1.82, 2.24) is 15.1 Å². The maximum Gasteiger partial charge on any atom is 0.129 e. The van der Waals surface area contributed by atoms with E-state index in [9.17, 15) is 13.9 Å². The number of halogens is 2. The van der Waals surface area contributed by atoms with Crippen LogP contribution in [0, 0.1) is 11.6 Å². The van der Waals surface area contributed by atoms with Gasteiger partial charge in [0, 0.05) is 25.4 Å². The van der Waals surface area contributed by atoms with Gasteiger partial charge in [-0.1, -0.05) is 18.6 Å². The minimum atomic E-state index is -0.582. The summed E-state index contributed by atoms with van der Waals surface area (Å²) in [6.07, 6.45) is 6.27. The molecule has 4 rings (SSSR count). The molecule has 4 nitrogen and oxygen atoms in total. The maximum absolute atomic E-state index is 14.3. The molecule has 1 heterocycles. The van der Waals surface area contributed by atoms with E-state index in [-0.39, 0.29) is 17.8 Å². The molecule has 0 saturated carbocycles. The number of aromatic nitrogens is 2. The summed E-state index contributed by atoms with van der Waals surface area (Å²) in [4.78, 5) is 0. The Labute approximate surface area is 169 Å². The summed E-state index contributed by atoms with van der Waals surface area (Å²) in [6, 6.07) is 10.9. The Morgan fingerprint density at radius 3 is 2.79 bits per heavy atom. The smallest absolute Gasteiger partial charge is 0.129 e. The van der Waals surface area contributed by atoms with E-state index in [1.807, 2.05) is 31.4 Å². The molecule has 152 valence electrons. The minimum absolute atomic E-state index is 0.0233. The largest absolute Gasteiger partial charge is 0.508 e. The first-order valence-corrected chi connectivity index (χ1v) is 10.0. The zero-order valence-corrected chi connectivity index (χ0v) is 16.4. The molecule has 0 aliphatic heterocycles. The number of hydrogen-bond acceptors (Lipinski definition) is 3. The predicted octanol–water partition coefficient (Wildman–Crippen LogP) is 4.75. The number of nitrogens with zero attached hydrogens (tertiary/aromatic N) is 2. The molecule has 0 saturated heterocycles. The van der Waals surface area contributed by atoms with E-state index in [2.05, 4.69) is 10.4 Å². The summed E-state index contributed by atoms with van der Waals surface area (Å²) in [5.74, 6) is -0.884. The van der Waals surface area contributed by atoms with Crippen molar-refractivity contribution in [2.75, 3.05) is 0 Å². The normalized spacial score (nSPS) is 17.6. The van der Waals surface area contributed by atoms with E-state index in [4.69, 9.17) is 0 Å². The number of nitrogens with one attached hydrogen (secondary N) is 1. The molecular weight excluding hydrogens is 372 g/mol. The van der Waals surface area contributed by atoms with Gasteiger partial charge in [-0.3, -0.25) is 4.68 Å². The highest BCUT2D eigenvalue weighted by Crippen LogP contribution is 2.33. The molecule has 29 heavy (non-hydrogen) atoms. The highest BCUT2D eigenvalue weighted by molar-refractivity contribution is 5.38. The lowest BCUT2D eigenvalue weighted by molar-refractivity contribution is 0.402. The molecule has 0 amide bonds. The molecule has 6 heteroatoms. The average molecular weight is 397 g/mol. The average Bonchev–Trinajstić information content (AvgIpc) is 3.02. The number of hydrogen-bond donors (Lipinski definition) is 2. The van der Waals surface area contributed by atoms with Crippen molar-refractivity contribution in [3.05, 3.63) is 82.7 Å². The molecule has 0 fully saturated rings. The van der Waals surface area contributed by atoms with Gasteiger partial charge in [-0.15, -0.1) is 0 Å². The molecule has 0 radical (unpaired) electrons. The molecule has 2 unspecified atom stereocenters. The summed E-state index contributed by atoms with van der Waals surface area (Å²) in [5, 5.41) is 18.2. The number of rotatable bonds is 5. The summed E-state index contributed by atoms with van der Waals surface area (Å²) >= 11 is 0. The van der Waals surface area contributed by atoms with E-state index in [1.54, 1.807) is 10.7 Å². The Bertz CT molecular complexity index is 1000. The van der Waals surface area contributed by atoms with Crippen LogP contribution in [0.4, 0.5) is 8.78 Å². The first kappa shape index (κ1) is 19.6. The summed E-state index contributed by atoms with van der Waals surface area (Å²) in [6.45, 7) is 0. The number of aromatic hydroxyl groups is 1. The fourth-order valence-corrected chi connectivity index (χ4v) is 4.14. The third kappa shape index (κ3) is 4.48. The monoisotopic (exact) mass is 397 g/mol. The molecule has 0 spiro atoms. The minimum Gasteiger partial charge on any atom is -0.508 e. The molecule has 2 atom stereocenters. The third-order valence-electron chi connectivity index (χ3n) is 5.63. The van der Waals surface area contributed by atoms with Crippen molar-refractivity contribution < 1.29 is 13.9 Å². The first-order chi connectivity index (χ1) is 14.0. The zero-order valence-electron chi connectivity index (χ0n) is 16.4. The second-order valence-corrected chi connectivity index (χ2v) is 7.75. The van der Waals surface area contributed by atoms with Crippen LogP contribution < -0.4 is 5.32 Å². The fraction of sp³-hybridized carbons (Fsp3) is 0.348.